The minimum atomic E-state index is 0.480. The standard InChI is InChI=1S/C17H33N/c1-3-4-5-6-7-8-9-10-11-12-13-14-17(2)15-16-18/h17H,3-12,15-16,18H2,1-2H3. The van der Waals surface area contributed by atoms with Crippen LogP contribution in [0, 0.1) is 17.8 Å². The zero-order chi connectivity index (χ0) is 13.5. The lowest BCUT2D eigenvalue weighted by molar-refractivity contribution is 0.567. The Labute approximate surface area is 115 Å². The number of rotatable bonds is 11. The third kappa shape index (κ3) is 13.6. The zero-order valence-corrected chi connectivity index (χ0v) is 12.6. The SMILES string of the molecule is CCCCCCCCCCCC#CC(C)CCN. The summed E-state index contributed by atoms with van der Waals surface area (Å²) in [7, 11) is 0. The predicted molar refractivity (Wildman–Crippen MR) is 82.5 cm³/mol. The van der Waals surface area contributed by atoms with Gasteiger partial charge >= 0.3 is 0 Å². The van der Waals surface area contributed by atoms with Crippen molar-refractivity contribution in [3.05, 3.63) is 0 Å². The van der Waals surface area contributed by atoms with Crippen LogP contribution in [0.3, 0.4) is 0 Å². The van der Waals surface area contributed by atoms with Crippen LogP contribution in [0.15, 0.2) is 0 Å². The van der Waals surface area contributed by atoms with E-state index < -0.39 is 0 Å². The molecular weight excluding hydrogens is 218 g/mol. The van der Waals surface area contributed by atoms with Gasteiger partial charge in [-0.15, -0.1) is 11.8 Å². The molecule has 0 saturated heterocycles. The van der Waals surface area contributed by atoms with E-state index in [1.54, 1.807) is 0 Å². The fourth-order valence-electron chi connectivity index (χ4n) is 2.09. The Morgan fingerprint density at radius 1 is 0.889 bits per heavy atom. The highest BCUT2D eigenvalue weighted by Gasteiger charge is 1.93. The van der Waals surface area contributed by atoms with Gasteiger partial charge < -0.3 is 5.73 Å². The Bertz CT molecular complexity index is 211. The second-order valence-corrected chi connectivity index (χ2v) is 5.38. The first-order chi connectivity index (χ1) is 8.81. The molecule has 1 nitrogen and oxygen atoms in total. The van der Waals surface area contributed by atoms with Crippen LogP contribution in [0.5, 0.6) is 0 Å². The van der Waals surface area contributed by atoms with Crippen LogP contribution in [0.1, 0.15) is 84.5 Å². The molecule has 0 aliphatic rings. The maximum Gasteiger partial charge on any atom is 0.0186 e. The van der Waals surface area contributed by atoms with Gasteiger partial charge in [-0.1, -0.05) is 65.2 Å². The normalized spacial score (nSPS) is 11.9. The summed E-state index contributed by atoms with van der Waals surface area (Å²) in [4.78, 5) is 0. The van der Waals surface area contributed by atoms with Crippen LogP contribution in [-0.4, -0.2) is 6.54 Å². The van der Waals surface area contributed by atoms with Gasteiger partial charge in [0.05, 0.1) is 0 Å². The lowest BCUT2D eigenvalue weighted by atomic mass is 10.1. The molecule has 0 spiro atoms. The highest BCUT2D eigenvalue weighted by molar-refractivity contribution is 5.02. The average Bonchev–Trinajstić information content (AvgIpc) is 2.36. The van der Waals surface area contributed by atoms with Crippen LogP contribution >= 0.6 is 0 Å². The summed E-state index contributed by atoms with van der Waals surface area (Å²) in [6.45, 7) is 5.19. The van der Waals surface area contributed by atoms with Crippen molar-refractivity contribution >= 4 is 0 Å². The third-order valence-electron chi connectivity index (χ3n) is 3.35. The molecule has 0 amide bonds. The van der Waals surface area contributed by atoms with Crippen molar-refractivity contribution in [3.63, 3.8) is 0 Å². The summed E-state index contributed by atoms with van der Waals surface area (Å²) >= 11 is 0. The van der Waals surface area contributed by atoms with E-state index in [1.807, 2.05) is 0 Å². The molecule has 1 heteroatoms. The van der Waals surface area contributed by atoms with Crippen molar-refractivity contribution in [1.29, 1.82) is 0 Å². The van der Waals surface area contributed by atoms with Gasteiger partial charge in [-0.05, 0) is 19.4 Å². The van der Waals surface area contributed by atoms with Crippen molar-refractivity contribution in [2.24, 2.45) is 11.7 Å². The van der Waals surface area contributed by atoms with Crippen molar-refractivity contribution in [2.45, 2.75) is 84.5 Å². The Hall–Kier alpha value is -0.480. The van der Waals surface area contributed by atoms with Crippen molar-refractivity contribution in [3.8, 4) is 11.8 Å². The predicted octanol–water partition coefficient (Wildman–Crippen LogP) is 4.90. The molecule has 2 N–H and O–H groups in total. The van der Waals surface area contributed by atoms with E-state index in [-0.39, 0.29) is 0 Å². The molecule has 1 unspecified atom stereocenters. The van der Waals surface area contributed by atoms with Crippen molar-refractivity contribution in [2.75, 3.05) is 6.54 Å². The molecule has 0 aliphatic carbocycles. The smallest absolute Gasteiger partial charge is 0.0186 e. The average molecular weight is 251 g/mol. The van der Waals surface area contributed by atoms with E-state index in [1.165, 1.54) is 57.8 Å². The Morgan fingerprint density at radius 3 is 2.00 bits per heavy atom. The second kappa shape index (κ2) is 14.6. The Kier molecular flexibility index (Phi) is 14.2. The summed E-state index contributed by atoms with van der Waals surface area (Å²) in [5.74, 6) is 7.04. The minimum Gasteiger partial charge on any atom is -0.330 e. The molecule has 0 aromatic rings. The van der Waals surface area contributed by atoms with Gasteiger partial charge in [0, 0.05) is 12.3 Å². The monoisotopic (exact) mass is 251 g/mol. The van der Waals surface area contributed by atoms with Gasteiger partial charge in [-0.3, -0.25) is 0 Å². The summed E-state index contributed by atoms with van der Waals surface area (Å²) in [6, 6.07) is 0. The fraction of sp³-hybridized carbons (Fsp3) is 0.882. The molecule has 1 atom stereocenters. The maximum atomic E-state index is 5.49. The summed E-state index contributed by atoms with van der Waals surface area (Å²) < 4.78 is 0. The minimum absolute atomic E-state index is 0.480. The van der Waals surface area contributed by atoms with E-state index in [0.717, 1.165) is 19.4 Å². The number of nitrogens with two attached hydrogens (primary N) is 1. The van der Waals surface area contributed by atoms with Gasteiger partial charge in [0.2, 0.25) is 0 Å². The van der Waals surface area contributed by atoms with Gasteiger partial charge in [-0.25, -0.2) is 0 Å². The molecule has 0 saturated carbocycles. The first-order valence-electron chi connectivity index (χ1n) is 7.99. The van der Waals surface area contributed by atoms with Gasteiger partial charge in [-0.2, -0.15) is 0 Å². The van der Waals surface area contributed by atoms with Gasteiger partial charge in [0.25, 0.3) is 0 Å². The van der Waals surface area contributed by atoms with Crippen LogP contribution in [-0.2, 0) is 0 Å². The van der Waals surface area contributed by atoms with Crippen molar-refractivity contribution in [1.82, 2.24) is 0 Å². The summed E-state index contributed by atoms with van der Waals surface area (Å²) in [5.41, 5.74) is 5.49. The summed E-state index contributed by atoms with van der Waals surface area (Å²) in [6.07, 6.45) is 14.6. The van der Waals surface area contributed by atoms with Gasteiger partial charge in [0.1, 0.15) is 0 Å². The molecule has 0 radical (unpaired) electrons. The maximum absolute atomic E-state index is 5.49. The van der Waals surface area contributed by atoms with Crippen LogP contribution in [0.2, 0.25) is 0 Å². The number of unbranched alkanes of at least 4 members (excludes halogenated alkanes) is 9. The number of hydrogen-bond acceptors (Lipinski definition) is 1. The Morgan fingerprint density at radius 2 is 1.44 bits per heavy atom. The van der Waals surface area contributed by atoms with Crippen LogP contribution < -0.4 is 5.73 Å². The van der Waals surface area contributed by atoms with E-state index in [2.05, 4.69) is 25.7 Å². The van der Waals surface area contributed by atoms with E-state index in [9.17, 15) is 0 Å². The molecule has 0 aromatic carbocycles. The molecule has 106 valence electrons. The molecular formula is C17H33N. The molecule has 0 fully saturated rings. The molecule has 0 aromatic heterocycles. The molecule has 0 bridgehead atoms. The topological polar surface area (TPSA) is 26.0 Å². The van der Waals surface area contributed by atoms with Crippen LogP contribution in [0.4, 0.5) is 0 Å². The highest BCUT2D eigenvalue weighted by Crippen LogP contribution is 2.10. The van der Waals surface area contributed by atoms with E-state index in [4.69, 9.17) is 5.73 Å². The quantitative estimate of drug-likeness (QED) is 0.410. The van der Waals surface area contributed by atoms with Crippen molar-refractivity contribution < 1.29 is 0 Å². The molecule has 0 heterocycles. The summed E-state index contributed by atoms with van der Waals surface area (Å²) in [5, 5.41) is 0. The molecule has 0 rings (SSSR count). The highest BCUT2D eigenvalue weighted by atomic mass is 14.5. The lowest BCUT2D eigenvalue weighted by Crippen LogP contribution is -2.03. The Balaban J connectivity index is 3.15. The third-order valence-corrected chi connectivity index (χ3v) is 3.35. The van der Waals surface area contributed by atoms with Crippen LogP contribution in [0.25, 0.3) is 0 Å². The number of hydrogen-bond donors (Lipinski definition) is 1. The van der Waals surface area contributed by atoms with E-state index in [0.29, 0.717) is 5.92 Å². The second-order valence-electron chi connectivity index (χ2n) is 5.38. The first kappa shape index (κ1) is 17.5. The fourth-order valence-corrected chi connectivity index (χ4v) is 2.09. The zero-order valence-electron chi connectivity index (χ0n) is 12.6. The largest absolute Gasteiger partial charge is 0.330 e. The lowest BCUT2D eigenvalue weighted by Gasteiger charge is -2.00. The van der Waals surface area contributed by atoms with E-state index >= 15 is 0 Å². The molecule has 18 heavy (non-hydrogen) atoms. The van der Waals surface area contributed by atoms with Gasteiger partial charge in [0.15, 0.2) is 0 Å². The first-order valence-corrected chi connectivity index (χ1v) is 7.99. The molecule has 0 aliphatic heterocycles.